The maximum atomic E-state index is 13.2. The van der Waals surface area contributed by atoms with Gasteiger partial charge in [-0.25, -0.2) is 17.7 Å². The second-order valence-electron chi connectivity index (χ2n) is 8.81. The Morgan fingerprint density at radius 1 is 1.15 bits per heavy atom. The molecule has 3 aromatic rings. The van der Waals surface area contributed by atoms with Gasteiger partial charge >= 0.3 is 0 Å². The third kappa shape index (κ3) is 4.95. The van der Waals surface area contributed by atoms with Gasteiger partial charge in [-0.1, -0.05) is 12.1 Å². The van der Waals surface area contributed by atoms with E-state index in [1.54, 1.807) is 25.3 Å². The number of benzene rings is 2. The number of ether oxygens (including phenoxy) is 1. The minimum absolute atomic E-state index is 0.115. The molecule has 4 rings (SSSR count). The smallest absolute Gasteiger partial charge is 0.242 e. The van der Waals surface area contributed by atoms with Crippen molar-refractivity contribution in [3.8, 4) is 5.75 Å². The van der Waals surface area contributed by atoms with E-state index < -0.39 is 10.0 Å². The summed E-state index contributed by atoms with van der Waals surface area (Å²) < 4.78 is 33.5. The van der Waals surface area contributed by atoms with Crippen molar-refractivity contribution in [1.29, 1.82) is 0 Å². The van der Waals surface area contributed by atoms with Crippen molar-refractivity contribution in [1.82, 2.24) is 18.8 Å². The van der Waals surface area contributed by atoms with Gasteiger partial charge in [-0.15, -0.1) is 0 Å². The SMILES string of the molecule is CCn1c(CCC(=O)N(Cc2ccc(OC)cc2)C2CC2)nc2cc(S(=O)(=O)N(C)C)ccc21. The quantitative estimate of drug-likeness (QED) is 0.440. The van der Waals surface area contributed by atoms with Crippen LogP contribution in [0.3, 0.4) is 0 Å². The van der Waals surface area contributed by atoms with E-state index in [0.717, 1.165) is 35.5 Å². The largest absolute Gasteiger partial charge is 0.497 e. The summed E-state index contributed by atoms with van der Waals surface area (Å²) in [5.41, 5.74) is 2.58. The molecule has 1 aromatic heterocycles. The van der Waals surface area contributed by atoms with Crippen LogP contribution in [0, 0.1) is 0 Å². The summed E-state index contributed by atoms with van der Waals surface area (Å²) in [4.78, 5) is 20.1. The second kappa shape index (κ2) is 9.76. The molecule has 0 spiro atoms. The van der Waals surface area contributed by atoms with Crippen molar-refractivity contribution in [2.24, 2.45) is 0 Å². The first-order chi connectivity index (χ1) is 16.2. The minimum Gasteiger partial charge on any atom is -0.497 e. The molecule has 2 aromatic carbocycles. The van der Waals surface area contributed by atoms with Gasteiger partial charge in [-0.3, -0.25) is 4.79 Å². The van der Waals surface area contributed by atoms with Crippen LogP contribution in [0.2, 0.25) is 0 Å². The van der Waals surface area contributed by atoms with Gasteiger partial charge in [0.25, 0.3) is 0 Å². The molecule has 0 saturated heterocycles. The van der Waals surface area contributed by atoms with Crippen LogP contribution in [0.5, 0.6) is 5.75 Å². The fourth-order valence-electron chi connectivity index (χ4n) is 4.17. The first kappa shape index (κ1) is 24.2. The molecular formula is C25H32N4O4S. The molecule has 0 atom stereocenters. The number of imidazole rings is 1. The number of carbonyl (C=O) groups excluding carboxylic acids is 1. The molecule has 8 nitrogen and oxygen atoms in total. The van der Waals surface area contributed by atoms with E-state index in [-0.39, 0.29) is 10.8 Å². The van der Waals surface area contributed by atoms with Gasteiger partial charge in [0.2, 0.25) is 15.9 Å². The summed E-state index contributed by atoms with van der Waals surface area (Å²) >= 11 is 0. The van der Waals surface area contributed by atoms with Crippen LogP contribution in [0.15, 0.2) is 47.4 Å². The Hall–Kier alpha value is -2.91. The Balaban J connectivity index is 1.51. The molecule has 0 bridgehead atoms. The van der Waals surface area contributed by atoms with Crippen molar-refractivity contribution in [3.63, 3.8) is 0 Å². The maximum Gasteiger partial charge on any atom is 0.242 e. The van der Waals surface area contributed by atoms with Gasteiger partial charge in [0.05, 0.1) is 23.0 Å². The molecule has 0 N–H and O–H groups in total. The molecule has 182 valence electrons. The van der Waals surface area contributed by atoms with E-state index in [0.29, 0.717) is 37.5 Å². The summed E-state index contributed by atoms with van der Waals surface area (Å²) in [5.74, 6) is 1.71. The highest BCUT2D eigenvalue weighted by atomic mass is 32.2. The summed E-state index contributed by atoms with van der Waals surface area (Å²) in [7, 11) is 1.13. The lowest BCUT2D eigenvalue weighted by Crippen LogP contribution is -2.32. The Morgan fingerprint density at radius 3 is 2.44 bits per heavy atom. The molecule has 1 fully saturated rings. The Kier molecular flexibility index (Phi) is 6.95. The fourth-order valence-corrected chi connectivity index (χ4v) is 5.09. The van der Waals surface area contributed by atoms with Gasteiger partial charge in [0.15, 0.2) is 0 Å². The zero-order valence-electron chi connectivity index (χ0n) is 20.2. The number of aromatic nitrogens is 2. The van der Waals surface area contributed by atoms with E-state index in [1.165, 1.54) is 18.4 Å². The summed E-state index contributed by atoms with van der Waals surface area (Å²) in [5, 5.41) is 0. The lowest BCUT2D eigenvalue weighted by Gasteiger charge is -2.23. The van der Waals surface area contributed by atoms with Crippen LogP contribution in [-0.2, 0) is 34.3 Å². The molecule has 1 aliphatic carbocycles. The van der Waals surface area contributed by atoms with E-state index in [2.05, 4.69) is 4.57 Å². The van der Waals surface area contributed by atoms with Gasteiger partial charge in [0, 0.05) is 46.1 Å². The number of rotatable bonds is 10. The molecular weight excluding hydrogens is 452 g/mol. The molecule has 1 saturated carbocycles. The first-order valence-electron chi connectivity index (χ1n) is 11.6. The highest BCUT2D eigenvalue weighted by Crippen LogP contribution is 2.30. The van der Waals surface area contributed by atoms with Gasteiger partial charge in [-0.05, 0) is 55.7 Å². The fraction of sp³-hybridized carbons (Fsp3) is 0.440. The van der Waals surface area contributed by atoms with Crippen LogP contribution in [0.4, 0.5) is 0 Å². The number of amides is 1. The zero-order chi connectivity index (χ0) is 24.5. The van der Waals surface area contributed by atoms with Crippen molar-refractivity contribution >= 4 is 27.0 Å². The standard InChI is InChI=1S/C25H32N4O4S/c1-5-28-23-13-12-21(34(31,32)27(2)3)16-22(23)26-24(28)14-15-25(30)29(19-8-9-19)17-18-6-10-20(33-4)11-7-18/h6-7,10-13,16,19H,5,8-9,14-15,17H2,1-4H3. The van der Waals surface area contributed by atoms with Crippen molar-refractivity contribution in [3.05, 3.63) is 53.9 Å². The highest BCUT2D eigenvalue weighted by molar-refractivity contribution is 7.89. The lowest BCUT2D eigenvalue weighted by molar-refractivity contribution is -0.132. The molecule has 1 amide bonds. The zero-order valence-corrected chi connectivity index (χ0v) is 21.0. The number of carbonyl (C=O) groups is 1. The molecule has 0 unspecified atom stereocenters. The number of nitrogens with zero attached hydrogens (tertiary/aromatic N) is 4. The normalized spacial score (nSPS) is 14.0. The second-order valence-corrected chi connectivity index (χ2v) is 11.0. The topological polar surface area (TPSA) is 84.7 Å². The van der Waals surface area contributed by atoms with Crippen LogP contribution < -0.4 is 4.74 Å². The number of fused-ring (bicyclic) bond motifs is 1. The van der Waals surface area contributed by atoms with E-state index >= 15 is 0 Å². The summed E-state index contributed by atoms with van der Waals surface area (Å²) in [6.45, 7) is 3.30. The Morgan fingerprint density at radius 2 is 1.85 bits per heavy atom. The van der Waals surface area contributed by atoms with E-state index in [1.807, 2.05) is 36.1 Å². The lowest BCUT2D eigenvalue weighted by atomic mass is 10.2. The monoisotopic (exact) mass is 484 g/mol. The van der Waals surface area contributed by atoms with Gasteiger partial charge in [0.1, 0.15) is 11.6 Å². The minimum atomic E-state index is -3.54. The molecule has 1 heterocycles. The van der Waals surface area contributed by atoms with Crippen LogP contribution in [0.1, 0.15) is 37.6 Å². The molecule has 0 aliphatic heterocycles. The third-order valence-electron chi connectivity index (χ3n) is 6.28. The number of sulfonamides is 1. The molecule has 1 aliphatic rings. The molecule has 0 radical (unpaired) electrons. The average molecular weight is 485 g/mol. The molecule has 34 heavy (non-hydrogen) atoms. The van der Waals surface area contributed by atoms with Crippen molar-refractivity contribution in [2.75, 3.05) is 21.2 Å². The highest BCUT2D eigenvalue weighted by Gasteiger charge is 2.32. The van der Waals surface area contributed by atoms with Crippen molar-refractivity contribution < 1.29 is 17.9 Å². The maximum absolute atomic E-state index is 13.2. The Bertz CT molecular complexity index is 1280. The summed E-state index contributed by atoms with van der Waals surface area (Å²) in [6.07, 6.45) is 2.94. The summed E-state index contributed by atoms with van der Waals surface area (Å²) in [6, 6.07) is 13.2. The average Bonchev–Trinajstić information content (AvgIpc) is 3.61. The predicted octanol–water partition coefficient (Wildman–Crippen LogP) is 3.44. The van der Waals surface area contributed by atoms with Gasteiger partial charge < -0.3 is 14.2 Å². The van der Waals surface area contributed by atoms with E-state index in [4.69, 9.17) is 9.72 Å². The van der Waals surface area contributed by atoms with Crippen LogP contribution in [-0.4, -0.2) is 60.3 Å². The van der Waals surface area contributed by atoms with Gasteiger partial charge in [-0.2, -0.15) is 0 Å². The van der Waals surface area contributed by atoms with Crippen LogP contribution in [0.25, 0.3) is 11.0 Å². The van der Waals surface area contributed by atoms with Crippen molar-refractivity contribution in [2.45, 2.75) is 56.6 Å². The predicted molar refractivity (Wildman–Crippen MR) is 131 cm³/mol. The number of aryl methyl sites for hydroxylation is 2. The third-order valence-corrected chi connectivity index (χ3v) is 8.09. The molecule has 9 heteroatoms. The first-order valence-corrected chi connectivity index (χ1v) is 13.0. The number of methoxy groups -OCH3 is 1. The Labute approximate surface area is 201 Å². The number of hydrogen-bond donors (Lipinski definition) is 0. The van der Waals surface area contributed by atoms with Crippen LogP contribution >= 0.6 is 0 Å². The van der Waals surface area contributed by atoms with E-state index in [9.17, 15) is 13.2 Å². The number of hydrogen-bond acceptors (Lipinski definition) is 5.